The van der Waals surface area contributed by atoms with Gasteiger partial charge in [0, 0.05) is 30.7 Å². The Morgan fingerprint density at radius 1 is 0.909 bits per heavy atom. The third-order valence-corrected chi connectivity index (χ3v) is 9.30. The van der Waals surface area contributed by atoms with E-state index in [0.717, 1.165) is 31.2 Å². The quantitative estimate of drug-likeness (QED) is 0.127. The Hall–Kier alpha value is -5.12. The molecule has 3 atom stereocenters. The summed E-state index contributed by atoms with van der Waals surface area (Å²) in [7, 11) is 0. The Kier molecular flexibility index (Phi) is 13.6. The van der Waals surface area contributed by atoms with Gasteiger partial charge in [0.2, 0.25) is 11.8 Å². The van der Waals surface area contributed by atoms with E-state index in [2.05, 4.69) is 25.6 Å². The number of hydrogen-bond donors (Lipinski definition) is 2. The van der Waals surface area contributed by atoms with Gasteiger partial charge >= 0.3 is 6.09 Å². The van der Waals surface area contributed by atoms with E-state index in [1.807, 2.05) is 32.9 Å². The first-order valence-corrected chi connectivity index (χ1v) is 18.9. The molecular formula is C40H50N6O9. The lowest BCUT2D eigenvalue weighted by Gasteiger charge is -2.34. The molecule has 1 aliphatic heterocycles. The second-order valence-electron chi connectivity index (χ2n) is 14.5. The van der Waals surface area contributed by atoms with Gasteiger partial charge in [-0.25, -0.2) is 14.8 Å². The zero-order chi connectivity index (χ0) is 38.6. The molecule has 0 bridgehead atoms. The number of ether oxygens (including phenoxy) is 5. The Bertz CT molecular complexity index is 1860. The van der Waals surface area contributed by atoms with Crippen molar-refractivity contribution in [3.05, 3.63) is 66.7 Å². The number of rotatable bonds is 17. The number of carbonyl (C=O) groups excluding carboxylic acids is 3. The van der Waals surface area contributed by atoms with Crippen LogP contribution in [0, 0.1) is 5.92 Å². The predicted molar refractivity (Wildman–Crippen MR) is 203 cm³/mol. The topological polar surface area (TPSA) is 176 Å². The first-order chi connectivity index (χ1) is 26.6. The van der Waals surface area contributed by atoms with Crippen molar-refractivity contribution in [2.24, 2.45) is 5.92 Å². The molecule has 0 radical (unpaired) electrons. The number of aromatic nitrogens is 3. The number of likely N-dealkylation sites (tertiary alicyclic amines) is 1. The lowest BCUT2D eigenvalue weighted by molar-refractivity contribution is -0.126. The molecule has 1 aliphatic carbocycles. The Balaban J connectivity index is 0.792. The van der Waals surface area contributed by atoms with Gasteiger partial charge in [-0.2, -0.15) is 0 Å². The zero-order valence-electron chi connectivity index (χ0n) is 31.7. The molecule has 4 heterocycles. The molecule has 2 fully saturated rings. The molecule has 3 aromatic heterocycles. The number of amides is 3. The van der Waals surface area contributed by atoms with E-state index in [-0.39, 0.29) is 23.6 Å². The molecule has 0 spiro atoms. The van der Waals surface area contributed by atoms with Gasteiger partial charge in [0.15, 0.2) is 5.58 Å². The average Bonchev–Trinajstić information content (AvgIpc) is 3.79. The SMILES string of the molecule is CC(C)(C)OC(=O)N1[C@H](C(=O)NCCOCCOCCOCCOc2ccc(C(=O)Nc3ccc4oc(-c5cccnc5)nc4c3)nc2)C[C@@H]2CCCC[C@@H]21. The molecule has 15 nitrogen and oxygen atoms in total. The van der Waals surface area contributed by atoms with Gasteiger partial charge in [-0.1, -0.05) is 12.8 Å². The summed E-state index contributed by atoms with van der Waals surface area (Å²) < 4.78 is 33.9. The van der Waals surface area contributed by atoms with Gasteiger partial charge in [-0.15, -0.1) is 0 Å². The molecular weight excluding hydrogens is 708 g/mol. The van der Waals surface area contributed by atoms with Gasteiger partial charge in [0.05, 0.1) is 51.4 Å². The fraction of sp³-hybridized carbons (Fsp3) is 0.500. The Morgan fingerprint density at radius 2 is 1.67 bits per heavy atom. The number of benzene rings is 1. The summed E-state index contributed by atoms with van der Waals surface area (Å²) in [6.07, 6.45) is 9.25. The van der Waals surface area contributed by atoms with Gasteiger partial charge in [-0.05, 0) is 88.4 Å². The van der Waals surface area contributed by atoms with Crippen LogP contribution in [0.2, 0.25) is 0 Å². The van der Waals surface area contributed by atoms with E-state index >= 15 is 0 Å². The van der Waals surface area contributed by atoms with Gasteiger partial charge in [-0.3, -0.25) is 19.5 Å². The third kappa shape index (κ3) is 11.2. The van der Waals surface area contributed by atoms with E-state index in [9.17, 15) is 14.4 Å². The fourth-order valence-electron chi connectivity index (χ4n) is 6.81. The van der Waals surface area contributed by atoms with Crippen LogP contribution in [0.25, 0.3) is 22.6 Å². The second-order valence-corrected chi connectivity index (χ2v) is 14.5. The highest BCUT2D eigenvalue weighted by atomic mass is 16.6. The lowest BCUT2D eigenvalue weighted by atomic mass is 9.85. The summed E-state index contributed by atoms with van der Waals surface area (Å²) in [6, 6.07) is 11.7. The monoisotopic (exact) mass is 758 g/mol. The summed E-state index contributed by atoms with van der Waals surface area (Å²) in [5.74, 6) is 0.772. The Labute approximate surface area is 320 Å². The molecule has 1 aromatic carbocycles. The van der Waals surface area contributed by atoms with E-state index in [1.54, 1.807) is 47.6 Å². The molecule has 3 amide bonds. The fourth-order valence-corrected chi connectivity index (χ4v) is 6.81. The molecule has 15 heteroatoms. The maximum Gasteiger partial charge on any atom is 0.411 e. The van der Waals surface area contributed by atoms with Gasteiger partial charge in [0.1, 0.15) is 35.2 Å². The molecule has 4 aromatic rings. The number of pyridine rings is 2. The van der Waals surface area contributed by atoms with E-state index in [1.165, 1.54) is 6.20 Å². The molecule has 2 aliphatic rings. The van der Waals surface area contributed by atoms with Crippen LogP contribution in [0.4, 0.5) is 10.5 Å². The van der Waals surface area contributed by atoms with Crippen molar-refractivity contribution in [2.75, 3.05) is 58.1 Å². The van der Waals surface area contributed by atoms with Crippen LogP contribution in [0.1, 0.15) is 63.4 Å². The van der Waals surface area contributed by atoms with Crippen LogP contribution in [-0.2, 0) is 23.7 Å². The maximum absolute atomic E-state index is 13.1. The number of carbonyl (C=O) groups is 3. The van der Waals surface area contributed by atoms with Crippen LogP contribution in [0.15, 0.2) is 65.5 Å². The summed E-state index contributed by atoms with van der Waals surface area (Å²) in [4.78, 5) is 53.5. The third-order valence-electron chi connectivity index (χ3n) is 9.30. The minimum atomic E-state index is -0.621. The van der Waals surface area contributed by atoms with Crippen molar-refractivity contribution in [2.45, 2.75) is 70.6 Å². The molecule has 1 saturated carbocycles. The normalized spacial score (nSPS) is 18.2. The van der Waals surface area contributed by atoms with Crippen LogP contribution in [0.5, 0.6) is 5.75 Å². The van der Waals surface area contributed by atoms with Crippen molar-refractivity contribution in [1.82, 2.24) is 25.2 Å². The molecule has 6 rings (SSSR count). The highest BCUT2D eigenvalue weighted by molar-refractivity contribution is 6.03. The van der Waals surface area contributed by atoms with Crippen LogP contribution >= 0.6 is 0 Å². The highest BCUT2D eigenvalue weighted by Gasteiger charge is 2.48. The van der Waals surface area contributed by atoms with Crippen molar-refractivity contribution in [3.63, 3.8) is 0 Å². The summed E-state index contributed by atoms with van der Waals surface area (Å²) in [6.45, 7) is 8.41. The van der Waals surface area contributed by atoms with E-state index in [4.69, 9.17) is 28.1 Å². The smallest absolute Gasteiger partial charge is 0.411 e. The summed E-state index contributed by atoms with van der Waals surface area (Å²) >= 11 is 0. The van der Waals surface area contributed by atoms with Gasteiger partial charge in [0.25, 0.3) is 5.91 Å². The number of fused-ring (bicyclic) bond motifs is 2. The molecule has 55 heavy (non-hydrogen) atoms. The van der Waals surface area contributed by atoms with E-state index < -0.39 is 17.7 Å². The highest BCUT2D eigenvalue weighted by Crippen LogP contribution is 2.40. The van der Waals surface area contributed by atoms with Crippen LogP contribution < -0.4 is 15.4 Å². The molecule has 0 unspecified atom stereocenters. The molecule has 2 N–H and O–H groups in total. The van der Waals surface area contributed by atoms with Crippen molar-refractivity contribution in [1.29, 1.82) is 0 Å². The number of nitrogens with zero attached hydrogens (tertiary/aromatic N) is 4. The summed E-state index contributed by atoms with van der Waals surface area (Å²) in [5, 5.41) is 5.77. The lowest BCUT2D eigenvalue weighted by Crippen LogP contribution is -2.51. The largest absolute Gasteiger partial charge is 0.490 e. The van der Waals surface area contributed by atoms with Gasteiger partial charge < -0.3 is 38.7 Å². The minimum absolute atomic E-state index is 0.0604. The second kappa shape index (κ2) is 19.0. The first-order valence-electron chi connectivity index (χ1n) is 18.9. The number of oxazole rings is 1. The van der Waals surface area contributed by atoms with Crippen LogP contribution in [-0.4, -0.2) is 108 Å². The number of anilines is 1. The van der Waals surface area contributed by atoms with Crippen molar-refractivity contribution >= 4 is 34.7 Å². The maximum atomic E-state index is 13.1. The Morgan fingerprint density at radius 3 is 2.40 bits per heavy atom. The van der Waals surface area contributed by atoms with E-state index in [0.29, 0.717) is 93.6 Å². The van der Waals surface area contributed by atoms with Crippen molar-refractivity contribution < 1.29 is 42.5 Å². The number of nitrogens with one attached hydrogen (secondary N) is 2. The molecule has 294 valence electrons. The van der Waals surface area contributed by atoms with Crippen molar-refractivity contribution in [3.8, 4) is 17.2 Å². The molecule has 1 saturated heterocycles. The average molecular weight is 759 g/mol. The first kappa shape index (κ1) is 39.6. The standard InChI is InChI=1S/C40H50N6O9/c1-40(2,3)55-39(49)46-33-9-5-4-7-27(33)23-34(46)37(48)42-15-16-50-17-18-51-19-20-52-21-22-53-30-11-12-31(43-26-30)36(47)44-29-10-13-35-32(24-29)45-38(54-35)28-8-6-14-41-25-28/h6,8,10-14,24-27,33-34H,4-5,7,9,15-23H2,1-3H3,(H,42,48)(H,44,47)/t27-,33-,34-/m0/s1. The predicted octanol–water partition coefficient (Wildman–Crippen LogP) is 5.65. The summed E-state index contributed by atoms with van der Waals surface area (Å²) in [5.41, 5.74) is 2.15. The zero-order valence-corrected chi connectivity index (χ0v) is 31.7. The minimum Gasteiger partial charge on any atom is -0.490 e. The van der Waals surface area contributed by atoms with Crippen LogP contribution in [0.3, 0.4) is 0 Å². The number of hydrogen-bond acceptors (Lipinski definition) is 12.